The van der Waals surface area contributed by atoms with Crippen LogP contribution in [-0.4, -0.2) is 17.0 Å². The normalized spacial score (nSPS) is 10.6. The van der Waals surface area contributed by atoms with Crippen LogP contribution in [0, 0.1) is 10.1 Å². The highest BCUT2D eigenvalue weighted by atomic mass is 79.9. The minimum atomic E-state index is -2.95. The molecule has 0 fully saturated rings. The molecule has 0 aliphatic carbocycles. The number of hydrogen-bond acceptors (Lipinski definition) is 4. The summed E-state index contributed by atoms with van der Waals surface area (Å²) in [5.41, 5.74) is -0.587. The van der Waals surface area contributed by atoms with Gasteiger partial charge < -0.3 is 14.9 Å². The van der Waals surface area contributed by atoms with E-state index in [0.717, 1.165) is 0 Å². The molecule has 0 bridgehead atoms. The van der Waals surface area contributed by atoms with Gasteiger partial charge in [-0.3, -0.25) is 0 Å². The van der Waals surface area contributed by atoms with Crippen molar-refractivity contribution in [1.82, 2.24) is 4.98 Å². The Morgan fingerprint density at radius 1 is 1.69 bits per heavy atom. The number of halogens is 3. The predicted molar refractivity (Wildman–Crippen MR) is 55.0 cm³/mol. The summed E-state index contributed by atoms with van der Waals surface area (Å²) in [6, 6.07) is 1.24. The zero-order valence-corrected chi connectivity index (χ0v) is 9.70. The molecule has 0 atom stereocenters. The molecule has 0 amide bonds. The molecule has 0 aliphatic heterocycles. The Kier molecular flexibility index (Phi) is 4.11. The van der Waals surface area contributed by atoms with Gasteiger partial charge in [0.2, 0.25) is 0 Å². The molecule has 0 aromatic carbocycles. The lowest BCUT2D eigenvalue weighted by Gasteiger charge is -2.07. The predicted octanol–water partition coefficient (Wildman–Crippen LogP) is 2.83. The lowest BCUT2D eigenvalue weighted by atomic mass is 10.1. The molecule has 0 spiro atoms. The number of hydrogen-bond donors (Lipinski definition) is 0. The van der Waals surface area contributed by atoms with E-state index >= 15 is 0 Å². The molecule has 0 radical (unpaired) electrons. The van der Waals surface area contributed by atoms with E-state index in [0.29, 0.717) is 0 Å². The van der Waals surface area contributed by atoms with Crippen molar-refractivity contribution in [3.05, 3.63) is 27.3 Å². The van der Waals surface area contributed by atoms with Gasteiger partial charge in [0.1, 0.15) is 5.56 Å². The molecule has 0 N–H and O–H groups in total. The fourth-order valence-corrected chi connectivity index (χ4v) is 1.62. The third-order valence-electron chi connectivity index (χ3n) is 1.84. The Hall–Kier alpha value is -1.31. The lowest BCUT2D eigenvalue weighted by Crippen LogP contribution is -2.04. The van der Waals surface area contributed by atoms with Crippen molar-refractivity contribution >= 4 is 21.7 Å². The average molecular weight is 297 g/mol. The van der Waals surface area contributed by atoms with E-state index in [2.05, 4.69) is 20.9 Å². The second-order valence-corrected chi connectivity index (χ2v) is 3.31. The molecule has 0 unspecified atom stereocenters. The van der Waals surface area contributed by atoms with E-state index in [1.54, 1.807) is 0 Å². The highest BCUT2D eigenvalue weighted by Gasteiger charge is 2.28. The van der Waals surface area contributed by atoms with Crippen LogP contribution < -0.4 is 4.74 Å². The minimum absolute atomic E-state index is 0.0619. The van der Waals surface area contributed by atoms with Gasteiger partial charge in [0.15, 0.2) is 0 Å². The standard InChI is InChI=1S/C8H7BrF2N2O3/c1-16-5-2-4(3-9)6(7(10)11)8(12-5)13(14)15/h2,7H,3H2,1H3. The van der Waals surface area contributed by atoms with Crippen LogP contribution in [0.25, 0.3) is 0 Å². The van der Waals surface area contributed by atoms with Gasteiger partial charge >= 0.3 is 11.7 Å². The first-order valence-electron chi connectivity index (χ1n) is 4.07. The first-order valence-corrected chi connectivity index (χ1v) is 5.19. The number of nitro groups is 1. The van der Waals surface area contributed by atoms with Crippen molar-refractivity contribution < 1.29 is 18.4 Å². The highest BCUT2D eigenvalue weighted by molar-refractivity contribution is 9.08. The lowest BCUT2D eigenvalue weighted by molar-refractivity contribution is -0.391. The first-order chi connectivity index (χ1) is 7.51. The molecule has 1 aromatic heterocycles. The number of aromatic nitrogens is 1. The molecule has 1 heterocycles. The molecular weight excluding hydrogens is 290 g/mol. The summed E-state index contributed by atoms with van der Waals surface area (Å²) >= 11 is 2.98. The molecule has 0 saturated carbocycles. The Morgan fingerprint density at radius 3 is 2.69 bits per heavy atom. The summed E-state index contributed by atoms with van der Waals surface area (Å²) in [7, 11) is 1.26. The third kappa shape index (κ3) is 2.43. The van der Waals surface area contributed by atoms with Crippen molar-refractivity contribution in [3.63, 3.8) is 0 Å². The van der Waals surface area contributed by atoms with Gasteiger partial charge in [0.25, 0.3) is 6.43 Å². The smallest absolute Gasteiger partial charge is 0.376 e. The van der Waals surface area contributed by atoms with Gasteiger partial charge in [0, 0.05) is 16.4 Å². The Labute approximate surface area is 97.7 Å². The van der Waals surface area contributed by atoms with Crippen LogP contribution in [0.4, 0.5) is 14.6 Å². The molecule has 5 nitrogen and oxygen atoms in total. The molecule has 16 heavy (non-hydrogen) atoms. The highest BCUT2D eigenvalue weighted by Crippen LogP contribution is 2.34. The van der Waals surface area contributed by atoms with Gasteiger partial charge in [-0.15, -0.1) is 0 Å². The van der Waals surface area contributed by atoms with Gasteiger partial charge in [-0.2, -0.15) is 0 Å². The summed E-state index contributed by atoms with van der Waals surface area (Å²) in [6.45, 7) is 0. The number of methoxy groups -OCH3 is 1. The second-order valence-electron chi connectivity index (χ2n) is 2.75. The van der Waals surface area contributed by atoms with Crippen LogP contribution >= 0.6 is 15.9 Å². The fourth-order valence-electron chi connectivity index (χ4n) is 1.16. The fraction of sp³-hybridized carbons (Fsp3) is 0.375. The zero-order chi connectivity index (χ0) is 12.3. The molecule has 0 saturated heterocycles. The maximum Gasteiger partial charge on any atom is 0.376 e. The minimum Gasteiger partial charge on any atom is -0.463 e. The van der Waals surface area contributed by atoms with Crippen molar-refractivity contribution in [2.75, 3.05) is 7.11 Å². The topological polar surface area (TPSA) is 65.3 Å². The first kappa shape index (κ1) is 12.8. The molecule has 8 heteroatoms. The van der Waals surface area contributed by atoms with E-state index in [-0.39, 0.29) is 16.8 Å². The number of nitrogens with zero attached hydrogens (tertiary/aromatic N) is 2. The maximum absolute atomic E-state index is 12.7. The van der Waals surface area contributed by atoms with Gasteiger partial charge in [-0.05, 0) is 10.5 Å². The van der Waals surface area contributed by atoms with E-state index in [1.165, 1.54) is 13.2 Å². The second kappa shape index (κ2) is 5.15. The molecule has 88 valence electrons. The number of pyridine rings is 1. The molecule has 0 aliphatic rings. The van der Waals surface area contributed by atoms with Crippen LogP contribution in [0.3, 0.4) is 0 Å². The SMILES string of the molecule is COc1cc(CBr)c(C(F)F)c([N+](=O)[O-])n1. The van der Waals surface area contributed by atoms with Crippen LogP contribution in [0.15, 0.2) is 6.07 Å². The summed E-state index contributed by atoms with van der Waals surface area (Å²) in [5, 5.41) is 10.7. The Bertz CT molecular complexity index is 415. The quantitative estimate of drug-likeness (QED) is 0.487. The summed E-state index contributed by atoms with van der Waals surface area (Å²) in [5.74, 6) is -0.936. The van der Waals surface area contributed by atoms with Crippen molar-refractivity contribution in [3.8, 4) is 5.88 Å². The largest absolute Gasteiger partial charge is 0.463 e. The molecular formula is C8H7BrF2N2O3. The number of alkyl halides is 3. The molecule has 1 aromatic rings. The number of ether oxygens (including phenoxy) is 1. The van der Waals surface area contributed by atoms with Gasteiger partial charge in [-0.1, -0.05) is 15.9 Å². The van der Waals surface area contributed by atoms with E-state index in [9.17, 15) is 18.9 Å². The molecule has 1 rings (SSSR count). The van der Waals surface area contributed by atoms with Crippen molar-refractivity contribution in [2.45, 2.75) is 11.8 Å². The summed E-state index contributed by atoms with van der Waals surface area (Å²) in [4.78, 5) is 13.1. The average Bonchev–Trinajstić information content (AvgIpc) is 2.26. The zero-order valence-electron chi connectivity index (χ0n) is 8.11. The van der Waals surface area contributed by atoms with Crippen molar-refractivity contribution in [1.29, 1.82) is 0 Å². The van der Waals surface area contributed by atoms with Gasteiger partial charge in [0.05, 0.1) is 7.11 Å². The van der Waals surface area contributed by atoms with E-state index in [1.807, 2.05) is 0 Å². The summed E-state index contributed by atoms with van der Waals surface area (Å²) in [6.07, 6.45) is -2.95. The summed E-state index contributed by atoms with van der Waals surface area (Å²) < 4.78 is 30.0. The van der Waals surface area contributed by atoms with Crippen molar-refractivity contribution in [2.24, 2.45) is 0 Å². The Morgan fingerprint density at radius 2 is 2.31 bits per heavy atom. The van der Waals surface area contributed by atoms with E-state index in [4.69, 9.17) is 4.74 Å². The van der Waals surface area contributed by atoms with Crippen LogP contribution in [-0.2, 0) is 5.33 Å². The number of rotatable bonds is 4. The van der Waals surface area contributed by atoms with E-state index < -0.39 is 22.7 Å². The van der Waals surface area contributed by atoms with Gasteiger partial charge in [-0.25, -0.2) is 8.78 Å². The Balaban J connectivity index is 3.47. The van der Waals surface area contributed by atoms with Crippen LogP contribution in [0.2, 0.25) is 0 Å². The maximum atomic E-state index is 12.7. The van der Waals surface area contributed by atoms with Crippen LogP contribution in [0.1, 0.15) is 17.6 Å². The monoisotopic (exact) mass is 296 g/mol. The third-order valence-corrected chi connectivity index (χ3v) is 2.45. The van der Waals surface area contributed by atoms with Crippen LogP contribution in [0.5, 0.6) is 5.88 Å².